The van der Waals surface area contributed by atoms with Gasteiger partial charge in [-0.25, -0.2) is 8.42 Å². The molecule has 2 rings (SSSR count). The van der Waals surface area contributed by atoms with E-state index in [-0.39, 0.29) is 6.04 Å². The number of nitrogens with zero attached hydrogens (tertiary/aromatic N) is 1. The molecule has 0 radical (unpaired) electrons. The van der Waals surface area contributed by atoms with Crippen molar-refractivity contribution in [2.24, 2.45) is 0 Å². The van der Waals surface area contributed by atoms with Crippen molar-refractivity contribution in [2.75, 3.05) is 14.1 Å². The van der Waals surface area contributed by atoms with Gasteiger partial charge in [-0.2, -0.15) is 4.31 Å². The molecule has 1 N–H and O–H groups in total. The summed E-state index contributed by atoms with van der Waals surface area (Å²) in [5.74, 6) is 0. The molecule has 1 aliphatic carbocycles. The van der Waals surface area contributed by atoms with Gasteiger partial charge in [-0.3, -0.25) is 0 Å². The molecule has 0 aromatic heterocycles. The second kappa shape index (κ2) is 5.84. The van der Waals surface area contributed by atoms with E-state index >= 15 is 0 Å². The van der Waals surface area contributed by atoms with Crippen LogP contribution in [0.4, 0.5) is 0 Å². The lowest BCUT2D eigenvalue weighted by molar-refractivity contribution is 0.249. The van der Waals surface area contributed by atoms with Gasteiger partial charge in [0.05, 0.1) is 4.90 Å². The fourth-order valence-corrected chi connectivity index (χ4v) is 4.34. The monoisotopic (exact) mass is 296 g/mol. The van der Waals surface area contributed by atoms with Gasteiger partial charge >= 0.3 is 0 Å². The summed E-state index contributed by atoms with van der Waals surface area (Å²) in [5, 5.41) is 3.08. The number of rotatable bonds is 5. The third-order valence-corrected chi connectivity index (χ3v) is 6.34. The Morgan fingerprint density at radius 2 is 1.95 bits per heavy atom. The molecule has 0 unspecified atom stereocenters. The third-order valence-electron chi connectivity index (χ3n) is 4.31. The maximum absolute atomic E-state index is 12.8. The highest BCUT2D eigenvalue weighted by Crippen LogP contribution is 2.30. The summed E-state index contributed by atoms with van der Waals surface area (Å²) in [7, 11) is 0.184. The van der Waals surface area contributed by atoms with Gasteiger partial charge in [-0.05, 0) is 56.5 Å². The third kappa shape index (κ3) is 2.75. The second-order valence-corrected chi connectivity index (χ2v) is 7.64. The van der Waals surface area contributed by atoms with E-state index in [1.165, 1.54) is 0 Å². The van der Waals surface area contributed by atoms with Crippen molar-refractivity contribution in [2.45, 2.75) is 50.6 Å². The Hall–Kier alpha value is -0.910. The highest BCUT2D eigenvalue weighted by Gasteiger charge is 2.32. The predicted molar refractivity (Wildman–Crippen MR) is 81.3 cm³/mol. The lowest BCUT2D eigenvalue weighted by Crippen LogP contribution is -2.41. The van der Waals surface area contributed by atoms with Crippen LogP contribution in [0.5, 0.6) is 0 Å². The van der Waals surface area contributed by atoms with E-state index in [2.05, 4.69) is 5.32 Å². The van der Waals surface area contributed by atoms with Gasteiger partial charge in [0, 0.05) is 19.6 Å². The molecular weight excluding hydrogens is 272 g/mol. The molecule has 1 saturated carbocycles. The van der Waals surface area contributed by atoms with Crippen molar-refractivity contribution in [1.29, 1.82) is 0 Å². The maximum atomic E-state index is 12.8. The van der Waals surface area contributed by atoms with Gasteiger partial charge in [0.1, 0.15) is 0 Å². The molecule has 20 heavy (non-hydrogen) atoms. The summed E-state index contributed by atoms with van der Waals surface area (Å²) >= 11 is 0. The van der Waals surface area contributed by atoms with Crippen molar-refractivity contribution >= 4 is 10.0 Å². The zero-order valence-corrected chi connectivity index (χ0v) is 13.5. The molecule has 0 aliphatic heterocycles. The van der Waals surface area contributed by atoms with Gasteiger partial charge in [0.15, 0.2) is 0 Å². The molecule has 1 aromatic carbocycles. The predicted octanol–water partition coefficient (Wildman–Crippen LogP) is 2.20. The molecule has 1 aromatic rings. The lowest BCUT2D eigenvalue weighted by Gasteiger charge is -2.34. The Labute approximate surface area is 122 Å². The zero-order chi connectivity index (χ0) is 14.9. The largest absolute Gasteiger partial charge is 0.316 e. The van der Waals surface area contributed by atoms with Gasteiger partial charge in [-0.1, -0.05) is 12.5 Å². The first kappa shape index (κ1) is 15.5. The summed E-state index contributed by atoms with van der Waals surface area (Å²) in [6, 6.07) is 4.03. The standard InChI is InChI=1S/C15H24N2O2S/c1-11-8-13(10-16-3)9-15(12(11)2)20(18,19)17(4)14-6-5-7-14/h8-9,14,16H,5-7,10H2,1-4H3. The van der Waals surface area contributed by atoms with E-state index in [9.17, 15) is 8.42 Å². The molecular formula is C15H24N2O2S. The van der Waals surface area contributed by atoms with Gasteiger partial charge in [-0.15, -0.1) is 0 Å². The number of benzene rings is 1. The first-order valence-electron chi connectivity index (χ1n) is 7.10. The Balaban J connectivity index is 2.44. The summed E-state index contributed by atoms with van der Waals surface area (Å²) in [6.07, 6.45) is 3.08. The average Bonchev–Trinajstić information content (AvgIpc) is 2.31. The fourth-order valence-electron chi connectivity index (χ4n) is 2.57. The van der Waals surface area contributed by atoms with Crippen LogP contribution in [0.15, 0.2) is 17.0 Å². The lowest BCUT2D eigenvalue weighted by atomic mass is 9.94. The van der Waals surface area contributed by atoms with Crippen molar-refractivity contribution in [3.8, 4) is 0 Å². The molecule has 0 bridgehead atoms. The summed E-state index contributed by atoms with van der Waals surface area (Å²) in [4.78, 5) is 0.456. The minimum Gasteiger partial charge on any atom is -0.316 e. The van der Waals surface area contributed by atoms with Crippen LogP contribution in [-0.4, -0.2) is 32.9 Å². The van der Waals surface area contributed by atoms with Crippen molar-refractivity contribution in [3.05, 3.63) is 28.8 Å². The maximum Gasteiger partial charge on any atom is 0.243 e. The van der Waals surface area contributed by atoms with Crippen LogP contribution in [0.1, 0.15) is 36.0 Å². The molecule has 4 nitrogen and oxygen atoms in total. The van der Waals surface area contributed by atoms with Crippen molar-refractivity contribution < 1.29 is 8.42 Å². The number of aryl methyl sites for hydroxylation is 1. The first-order valence-corrected chi connectivity index (χ1v) is 8.54. The Morgan fingerprint density at radius 3 is 2.45 bits per heavy atom. The Morgan fingerprint density at radius 1 is 1.30 bits per heavy atom. The first-order chi connectivity index (χ1) is 9.37. The fraction of sp³-hybridized carbons (Fsp3) is 0.600. The van der Waals surface area contributed by atoms with E-state index in [1.807, 2.05) is 33.0 Å². The van der Waals surface area contributed by atoms with Crippen LogP contribution in [0.25, 0.3) is 0 Å². The van der Waals surface area contributed by atoms with Gasteiger partial charge in [0.25, 0.3) is 0 Å². The summed E-state index contributed by atoms with van der Waals surface area (Å²) in [6.45, 7) is 4.54. The zero-order valence-electron chi connectivity index (χ0n) is 12.7. The molecule has 0 spiro atoms. The molecule has 0 heterocycles. The van der Waals surface area contributed by atoms with Crippen LogP contribution in [0.2, 0.25) is 0 Å². The van der Waals surface area contributed by atoms with Gasteiger partial charge < -0.3 is 5.32 Å². The molecule has 5 heteroatoms. The molecule has 0 atom stereocenters. The molecule has 112 valence electrons. The second-order valence-electron chi connectivity index (χ2n) is 5.67. The average molecular weight is 296 g/mol. The van der Waals surface area contributed by atoms with E-state index in [1.54, 1.807) is 11.4 Å². The van der Waals surface area contributed by atoms with Crippen LogP contribution < -0.4 is 5.32 Å². The Kier molecular flexibility index (Phi) is 4.52. The number of nitrogens with one attached hydrogen (secondary N) is 1. The van der Waals surface area contributed by atoms with Crippen molar-refractivity contribution in [3.63, 3.8) is 0 Å². The number of hydrogen-bond donors (Lipinski definition) is 1. The van der Waals surface area contributed by atoms with Crippen LogP contribution in [0.3, 0.4) is 0 Å². The van der Waals surface area contributed by atoms with E-state index < -0.39 is 10.0 Å². The minimum atomic E-state index is -3.39. The topological polar surface area (TPSA) is 49.4 Å². The van der Waals surface area contributed by atoms with Crippen LogP contribution in [0, 0.1) is 13.8 Å². The van der Waals surface area contributed by atoms with Crippen LogP contribution >= 0.6 is 0 Å². The van der Waals surface area contributed by atoms with E-state index in [0.717, 1.165) is 36.0 Å². The SMILES string of the molecule is CNCc1cc(C)c(C)c(S(=O)(=O)N(C)C2CCC2)c1. The molecule has 1 fully saturated rings. The smallest absolute Gasteiger partial charge is 0.243 e. The van der Waals surface area contributed by atoms with E-state index in [4.69, 9.17) is 0 Å². The summed E-state index contributed by atoms with van der Waals surface area (Å²) < 4.78 is 27.2. The minimum absolute atomic E-state index is 0.174. The Bertz CT molecular complexity index is 592. The van der Waals surface area contributed by atoms with Crippen LogP contribution in [-0.2, 0) is 16.6 Å². The number of hydrogen-bond acceptors (Lipinski definition) is 3. The highest BCUT2D eigenvalue weighted by atomic mass is 32.2. The summed E-state index contributed by atoms with van der Waals surface area (Å²) in [5.41, 5.74) is 2.89. The molecule has 0 amide bonds. The quantitative estimate of drug-likeness (QED) is 0.906. The number of sulfonamides is 1. The van der Waals surface area contributed by atoms with E-state index in [0.29, 0.717) is 11.4 Å². The highest BCUT2D eigenvalue weighted by molar-refractivity contribution is 7.89. The van der Waals surface area contributed by atoms with Gasteiger partial charge in [0.2, 0.25) is 10.0 Å². The van der Waals surface area contributed by atoms with Crippen molar-refractivity contribution in [1.82, 2.24) is 9.62 Å². The molecule has 1 aliphatic rings. The normalized spacial score (nSPS) is 16.4. The molecule has 0 saturated heterocycles.